The van der Waals surface area contributed by atoms with Crippen LogP contribution in [0, 0.1) is 34.3 Å². The van der Waals surface area contributed by atoms with Crippen LogP contribution in [-0.2, 0) is 36.8 Å². The molecule has 3 heterocycles. The first-order chi connectivity index (χ1) is 37.4. The van der Waals surface area contributed by atoms with E-state index in [1.807, 2.05) is 10.7 Å². The van der Waals surface area contributed by atoms with Gasteiger partial charge in [0.05, 0.1) is 62.1 Å². The van der Waals surface area contributed by atoms with Crippen LogP contribution in [0.3, 0.4) is 0 Å². The summed E-state index contributed by atoms with van der Waals surface area (Å²) < 4.78 is 161. The summed E-state index contributed by atoms with van der Waals surface area (Å²) in [6, 6.07) is 1.76. The summed E-state index contributed by atoms with van der Waals surface area (Å²) in [6.07, 6.45) is -11.7. The van der Waals surface area contributed by atoms with Crippen molar-refractivity contribution in [2.24, 2.45) is 15.8 Å². The number of aliphatic hydroxyl groups is 1. The molecule has 2 saturated heterocycles. The van der Waals surface area contributed by atoms with E-state index in [0.29, 0.717) is 81.6 Å². The van der Waals surface area contributed by atoms with Crippen LogP contribution >= 0.6 is 0 Å². The van der Waals surface area contributed by atoms with Gasteiger partial charge in [-0.1, -0.05) is 24.0 Å². The fraction of sp³-hybridized carbons (Fsp3) is 0.500. The SMILES string of the molecule is C=N/C(=C\C=C(/C)C#Cc1ccc(C[C@H](NC(=O)[C@@H](NC(=O)OC)C(C)(C)C(F)(F)F)[C@@H](O)CN(Cc2c(F)cc(-c3ccn(C(F)F)n3)cc2F)NC(=O)[C@@H](NC(=O)OC)C(C)(C)C(F)(F)F)cc1)N1CCN2CCOC[C@H]2C1. The molecule has 80 heavy (non-hydrogen) atoms. The molecule has 0 aliphatic carbocycles. The van der Waals surface area contributed by atoms with Gasteiger partial charge in [-0.05, 0) is 101 Å². The number of carbonyl (C=O) groups excluding carboxylic acids is 4. The maximum absolute atomic E-state index is 16.0. The molecule has 5 rings (SSSR count). The molecule has 5 N–H and O–H groups in total. The Morgan fingerprint density at radius 1 is 0.887 bits per heavy atom. The highest BCUT2D eigenvalue weighted by Gasteiger charge is 2.57. The Morgan fingerprint density at radius 2 is 1.48 bits per heavy atom. The van der Waals surface area contributed by atoms with Crippen molar-refractivity contribution in [2.75, 3.05) is 60.2 Å². The lowest BCUT2D eigenvalue weighted by molar-refractivity contribution is -0.221. The topological polar surface area (TPSA) is 204 Å². The van der Waals surface area contributed by atoms with E-state index in [-0.39, 0.29) is 27.5 Å². The Labute approximate surface area is 454 Å². The second-order valence-corrected chi connectivity index (χ2v) is 19.9. The van der Waals surface area contributed by atoms with Gasteiger partial charge in [0.15, 0.2) is 0 Å². The third-order valence-electron chi connectivity index (χ3n) is 13.6. The number of morpholine rings is 1. The van der Waals surface area contributed by atoms with Crippen LogP contribution in [0.5, 0.6) is 0 Å². The van der Waals surface area contributed by atoms with Crippen LogP contribution in [0.25, 0.3) is 11.3 Å². The number of hydrogen-bond acceptors (Lipinski definition) is 13. The summed E-state index contributed by atoms with van der Waals surface area (Å²) in [5.74, 6) is 0.553. The van der Waals surface area contributed by atoms with Crippen molar-refractivity contribution in [1.29, 1.82) is 0 Å². The summed E-state index contributed by atoms with van der Waals surface area (Å²) >= 11 is 0. The Hall–Kier alpha value is -7.22. The first-order valence-corrected chi connectivity index (χ1v) is 24.6. The van der Waals surface area contributed by atoms with Crippen molar-refractivity contribution in [3.05, 3.63) is 101 Å². The molecule has 18 nitrogen and oxygen atoms in total. The molecule has 28 heteroatoms. The summed E-state index contributed by atoms with van der Waals surface area (Å²) in [5, 5.41) is 22.0. The zero-order valence-electron chi connectivity index (χ0n) is 44.6. The smallest absolute Gasteiger partial charge is 0.407 e. The van der Waals surface area contributed by atoms with Crippen LogP contribution in [0.1, 0.15) is 57.9 Å². The average Bonchev–Trinajstić information content (AvgIpc) is 3.90. The number of halogens is 10. The third kappa shape index (κ3) is 16.2. The normalized spacial score (nSPS) is 17.3. The molecule has 0 bridgehead atoms. The van der Waals surface area contributed by atoms with Gasteiger partial charge in [0.2, 0.25) is 5.91 Å². The minimum Gasteiger partial charge on any atom is -0.453 e. The number of aliphatic hydroxyl groups excluding tert-OH is 1. The number of hydrogen-bond donors (Lipinski definition) is 5. The summed E-state index contributed by atoms with van der Waals surface area (Å²) in [7, 11) is 1.60. The predicted molar refractivity (Wildman–Crippen MR) is 270 cm³/mol. The number of nitrogens with one attached hydrogen (secondary N) is 4. The van der Waals surface area contributed by atoms with Crippen molar-refractivity contribution in [2.45, 2.75) is 96.8 Å². The molecular formula is C52H62F10N10O8. The van der Waals surface area contributed by atoms with Crippen LogP contribution in [0.2, 0.25) is 0 Å². The van der Waals surface area contributed by atoms with E-state index < -0.39 is 115 Å². The average molecular weight is 1150 g/mol. The molecule has 0 spiro atoms. The number of hydrazine groups is 1. The Balaban J connectivity index is 1.52. The number of benzene rings is 2. The van der Waals surface area contributed by atoms with Crippen molar-refractivity contribution in [3.63, 3.8) is 0 Å². The lowest BCUT2D eigenvalue weighted by atomic mass is 9.82. The standard InChI is InChI=1S/C52H62F10N10O8/c1-30(10-16-41(63-6)70-20-19-69-21-22-80-29-34(69)26-70)9-11-31-12-14-32(15-13-31)23-39(64-44(74)42(65-47(76)78-7)49(2,3)51(57,58)59)40(73)28-71(68-45(75)43(66-48(77)79-8)50(4,5)52(60,61)62)27-35-36(53)24-33(25-37(35)54)38-17-18-72(67-38)46(55)56/h10,12-18,24-25,34,39-40,42-43,46,73H,6,19-23,26-29H2,1-5,7-8H3,(H,64,74)(H,65,76)(H,66,77)(H,68,75)/b30-10+,41-16+/t34-,39+,40+,42-,43-/m1/s1. The number of methoxy groups -OCH3 is 2. The van der Waals surface area contributed by atoms with E-state index in [1.165, 1.54) is 24.3 Å². The van der Waals surface area contributed by atoms with Gasteiger partial charge in [-0.2, -0.15) is 40.2 Å². The van der Waals surface area contributed by atoms with Crippen LogP contribution < -0.4 is 21.4 Å². The molecule has 5 atom stereocenters. The van der Waals surface area contributed by atoms with E-state index in [2.05, 4.69) is 53.2 Å². The fourth-order valence-electron chi connectivity index (χ4n) is 8.40. The summed E-state index contributed by atoms with van der Waals surface area (Å²) in [4.78, 5) is 61.5. The lowest BCUT2D eigenvalue weighted by Gasteiger charge is -2.44. The molecule has 1 aromatic heterocycles. The number of aliphatic imine (C=N–C) groups is 1. The number of amides is 4. The van der Waals surface area contributed by atoms with Crippen molar-refractivity contribution >= 4 is 30.7 Å². The van der Waals surface area contributed by atoms with Gasteiger partial charge in [0.25, 0.3) is 5.91 Å². The van der Waals surface area contributed by atoms with Gasteiger partial charge in [-0.25, -0.2) is 33.1 Å². The Morgan fingerprint density at radius 3 is 2.01 bits per heavy atom. The van der Waals surface area contributed by atoms with Gasteiger partial charge >= 0.3 is 31.1 Å². The number of aromatic nitrogens is 2. The van der Waals surface area contributed by atoms with E-state index in [9.17, 15) is 59.4 Å². The highest BCUT2D eigenvalue weighted by molar-refractivity contribution is 5.87. The lowest BCUT2D eigenvalue weighted by Crippen LogP contribution is -2.63. The molecule has 2 aliphatic rings. The maximum atomic E-state index is 16.0. The van der Waals surface area contributed by atoms with E-state index in [1.54, 1.807) is 24.4 Å². The predicted octanol–water partition coefficient (Wildman–Crippen LogP) is 6.63. The molecule has 0 unspecified atom stereocenters. The zero-order chi connectivity index (χ0) is 59.5. The number of fused-ring (bicyclic) bond motifs is 1. The van der Waals surface area contributed by atoms with Gasteiger partial charge in [-0.3, -0.25) is 19.9 Å². The minimum absolute atomic E-state index is 0.196. The van der Waals surface area contributed by atoms with E-state index in [0.717, 1.165) is 46.1 Å². The second-order valence-electron chi connectivity index (χ2n) is 19.9. The van der Waals surface area contributed by atoms with Gasteiger partial charge < -0.3 is 40.2 Å². The molecule has 3 aromatic rings. The van der Waals surface area contributed by atoms with Gasteiger partial charge in [0, 0.05) is 62.2 Å². The second kappa shape index (κ2) is 26.8. The number of alkyl halides is 8. The quantitative estimate of drug-likeness (QED) is 0.0266. The maximum Gasteiger partial charge on any atom is 0.407 e. The van der Waals surface area contributed by atoms with Crippen molar-refractivity contribution < 1.29 is 82.4 Å². The molecule has 2 aromatic carbocycles. The molecule has 2 aliphatic heterocycles. The largest absolute Gasteiger partial charge is 0.453 e. The first kappa shape index (κ1) is 63.6. The number of carbonyl (C=O) groups is 4. The molecular weight excluding hydrogens is 1080 g/mol. The fourth-order valence-corrected chi connectivity index (χ4v) is 8.40. The number of allylic oxidation sites excluding steroid dienone is 3. The zero-order valence-corrected chi connectivity index (χ0v) is 44.6. The van der Waals surface area contributed by atoms with Crippen molar-refractivity contribution in [3.8, 4) is 23.1 Å². The number of ether oxygens (including phenoxy) is 3. The van der Waals surface area contributed by atoms with Crippen LogP contribution in [0.4, 0.5) is 53.5 Å². The number of rotatable bonds is 20. The Kier molecular flexibility index (Phi) is 21.3. The Bertz CT molecular complexity index is 2790. The molecule has 0 radical (unpaired) electrons. The highest BCUT2D eigenvalue weighted by Crippen LogP contribution is 2.42. The van der Waals surface area contributed by atoms with Crippen molar-refractivity contribution in [1.82, 2.24) is 46.0 Å². The van der Waals surface area contributed by atoms with E-state index in [4.69, 9.17) is 4.74 Å². The number of piperazine rings is 1. The molecule has 4 amide bonds. The monoisotopic (exact) mass is 1140 g/mol. The minimum atomic E-state index is -5.23. The van der Waals surface area contributed by atoms with Crippen LogP contribution in [0.15, 0.2) is 77.2 Å². The summed E-state index contributed by atoms with van der Waals surface area (Å²) in [5.41, 5.74) is -4.42. The highest BCUT2D eigenvalue weighted by atomic mass is 19.4. The van der Waals surface area contributed by atoms with Crippen LogP contribution in [-0.4, -0.2) is 163 Å². The number of nitrogens with zero attached hydrogens (tertiary/aromatic N) is 6. The first-order valence-electron chi connectivity index (χ1n) is 24.6. The molecule has 2 fully saturated rings. The molecule has 438 valence electrons. The third-order valence-corrected chi connectivity index (χ3v) is 13.6. The summed E-state index contributed by atoms with van der Waals surface area (Å²) in [6.45, 7) is 6.71. The molecule has 0 saturated carbocycles. The van der Waals surface area contributed by atoms with E-state index >= 15 is 8.78 Å². The van der Waals surface area contributed by atoms with Gasteiger partial charge in [-0.15, -0.1) is 0 Å². The number of alkyl carbamates (subject to hydrolysis) is 2. The van der Waals surface area contributed by atoms with Gasteiger partial charge in [0.1, 0.15) is 29.5 Å².